The van der Waals surface area contributed by atoms with Crippen LogP contribution in [0.1, 0.15) is 16.7 Å². The Morgan fingerprint density at radius 2 is 1.86 bits per heavy atom. The second-order valence-corrected chi connectivity index (χ2v) is 5.23. The topological polar surface area (TPSA) is 47.3 Å². The van der Waals surface area contributed by atoms with Crippen molar-refractivity contribution in [1.82, 2.24) is 5.43 Å². The van der Waals surface area contributed by atoms with Gasteiger partial charge in [-0.05, 0) is 43.0 Å². The zero-order valence-corrected chi connectivity index (χ0v) is 12.4. The summed E-state index contributed by atoms with van der Waals surface area (Å²) in [5, 5.41) is 0. The van der Waals surface area contributed by atoms with Crippen LogP contribution in [0.2, 0.25) is 0 Å². The van der Waals surface area contributed by atoms with E-state index in [1.165, 1.54) is 24.3 Å². The van der Waals surface area contributed by atoms with E-state index in [2.05, 4.69) is 30.5 Å². The molecule has 0 saturated carbocycles. The Hall–Kier alpha value is -1.91. The number of methoxy groups -OCH3 is 1. The van der Waals surface area contributed by atoms with Crippen molar-refractivity contribution >= 4 is 0 Å². The Morgan fingerprint density at radius 3 is 2.43 bits per heavy atom. The molecule has 1 atom stereocenters. The average Bonchev–Trinajstić information content (AvgIpc) is 2.47. The van der Waals surface area contributed by atoms with Gasteiger partial charge in [0.1, 0.15) is 0 Å². The van der Waals surface area contributed by atoms with E-state index in [-0.39, 0.29) is 17.6 Å². The van der Waals surface area contributed by atoms with Gasteiger partial charge in [0.15, 0.2) is 11.6 Å². The highest BCUT2D eigenvalue weighted by Crippen LogP contribution is 2.19. The van der Waals surface area contributed by atoms with Crippen LogP contribution in [0.4, 0.5) is 4.39 Å². The van der Waals surface area contributed by atoms with E-state index in [9.17, 15) is 4.39 Å². The van der Waals surface area contributed by atoms with Crippen LogP contribution < -0.4 is 16.0 Å². The fourth-order valence-corrected chi connectivity index (χ4v) is 2.44. The van der Waals surface area contributed by atoms with Crippen molar-refractivity contribution in [2.75, 3.05) is 7.11 Å². The molecule has 0 aliphatic heterocycles. The number of ether oxygens (including phenoxy) is 1. The molecule has 21 heavy (non-hydrogen) atoms. The molecule has 2 aromatic rings. The molecule has 0 aliphatic carbocycles. The number of hydrogen-bond acceptors (Lipinski definition) is 3. The van der Waals surface area contributed by atoms with Gasteiger partial charge in [0.2, 0.25) is 0 Å². The zero-order chi connectivity index (χ0) is 15.2. The molecule has 2 rings (SSSR count). The van der Waals surface area contributed by atoms with Crippen LogP contribution in [-0.2, 0) is 12.8 Å². The summed E-state index contributed by atoms with van der Waals surface area (Å²) in [6.45, 7) is 2.06. The number of benzene rings is 2. The van der Waals surface area contributed by atoms with E-state index < -0.39 is 0 Å². The standard InChI is InChI=1S/C17H21FN2O/c1-12-4-3-5-13(8-12)9-15(20-19)10-14-6-7-17(21-2)16(18)11-14/h3-8,11,15,20H,9-10,19H2,1-2H3. The Bertz CT molecular complexity index is 601. The molecule has 3 nitrogen and oxygen atoms in total. The molecule has 112 valence electrons. The summed E-state index contributed by atoms with van der Waals surface area (Å²) in [6.07, 6.45) is 1.46. The van der Waals surface area contributed by atoms with Gasteiger partial charge < -0.3 is 4.74 Å². The predicted octanol–water partition coefficient (Wildman–Crippen LogP) is 2.76. The minimum absolute atomic E-state index is 0.0552. The normalized spacial score (nSPS) is 12.2. The molecule has 0 radical (unpaired) electrons. The smallest absolute Gasteiger partial charge is 0.165 e. The molecule has 3 N–H and O–H groups in total. The molecule has 0 bridgehead atoms. The Kier molecular flexibility index (Phi) is 5.31. The number of aryl methyl sites for hydroxylation is 1. The molecule has 2 aromatic carbocycles. The largest absolute Gasteiger partial charge is 0.494 e. The van der Waals surface area contributed by atoms with E-state index in [1.807, 2.05) is 12.1 Å². The number of hydrazine groups is 1. The van der Waals surface area contributed by atoms with Crippen molar-refractivity contribution in [3.8, 4) is 5.75 Å². The lowest BCUT2D eigenvalue weighted by Gasteiger charge is -2.17. The lowest BCUT2D eigenvalue weighted by molar-refractivity contribution is 0.386. The third-order valence-electron chi connectivity index (χ3n) is 3.50. The maximum absolute atomic E-state index is 13.7. The first-order valence-electron chi connectivity index (χ1n) is 6.96. The molecule has 0 amide bonds. The summed E-state index contributed by atoms with van der Waals surface area (Å²) in [7, 11) is 1.46. The lowest BCUT2D eigenvalue weighted by atomic mass is 9.98. The van der Waals surface area contributed by atoms with Gasteiger partial charge in [0.05, 0.1) is 7.11 Å². The van der Waals surface area contributed by atoms with Gasteiger partial charge in [0.25, 0.3) is 0 Å². The van der Waals surface area contributed by atoms with Crippen molar-refractivity contribution < 1.29 is 9.13 Å². The summed E-state index contributed by atoms with van der Waals surface area (Å²) in [6, 6.07) is 13.4. The molecule has 0 fully saturated rings. The van der Waals surface area contributed by atoms with Crippen LogP contribution in [0.3, 0.4) is 0 Å². The number of nitrogens with two attached hydrogens (primary N) is 1. The van der Waals surface area contributed by atoms with Crippen LogP contribution in [-0.4, -0.2) is 13.2 Å². The summed E-state index contributed by atoms with van der Waals surface area (Å²) in [4.78, 5) is 0. The fourth-order valence-electron chi connectivity index (χ4n) is 2.44. The van der Waals surface area contributed by atoms with Gasteiger partial charge in [0, 0.05) is 6.04 Å². The first-order valence-corrected chi connectivity index (χ1v) is 6.96. The molecule has 1 unspecified atom stereocenters. The van der Waals surface area contributed by atoms with Gasteiger partial charge >= 0.3 is 0 Å². The number of hydrogen-bond donors (Lipinski definition) is 2. The lowest BCUT2D eigenvalue weighted by Crippen LogP contribution is -2.38. The van der Waals surface area contributed by atoms with Crippen molar-refractivity contribution in [2.45, 2.75) is 25.8 Å². The minimum Gasteiger partial charge on any atom is -0.494 e. The maximum atomic E-state index is 13.7. The molecule has 0 aromatic heterocycles. The van der Waals surface area contributed by atoms with E-state index in [0.29, 0.717) is 6.42 Å². The average molecular weight is 288 g/mol. The quantitative estimate of drug-likeness (QED) is 0.635. The van der Waals surface area contributed by atoms with Gasteiger partial charge in [-0.15, -0.1) is 0 Å². The summed E-state index contributed by atoms with van der Waals surface area (Å²) >= 11 is 0. The molecule has 0 saturated heterocycles. The van der Waals surface area contributed by atoms with E-state index in [0.717, 1.165) is 12.0 Å². The van der Waals surface area contributed by atoms with Crippen molar-refractivity contribution in [1.29, 1.82) is 0 Å². The highest BCUT2D eigenvalue weighted by Gasteiger charge is 2.11. The monoisotopic (exact) mass is 288 g/mol. The van der Waals surface area contributed by atoms with Gasteiger partial charge in [-0.2, -0.15) is 0 Å². The molecule has 0 heterocycles. The molecule has 0 spiro atoms. The predicted molar refractivity (Wildman–Crippen MR) is 82.7 cm³/mol. The third-order valence-corrected chi connectivity index (χ3v) is 3.50. The number of nitrogens with one attached hydrogen (secondary N) is 1. The second-order valence-electron chi connectivity index (χ2n) is 5.23. The number of halogens is 1. The van der Waals surface area contributed by atoms with Crippen molar-refractivity contribution in [3.05, 3.63) is 65.0 Å². The molecular formula is C17H21FN2O. The van der Waals surface area contributed by atoms with Crippen LogP contribution in [0.5, 0.6) is 5.75 Å². The maximum Gasteiger partial charge on any atom is 0.165 e. The van der Waals surface area contributed by atoms with Gasteiger partial charge in [-0.1, -0.05) is 35.9 Å². The summed E-state index contributed by atoms with van der Waals surface area (Å²) in [5.41, 5.74) is 6.14. The minimum atomic E-state index is -0.346. The SMILES string of the molecule is COc1ccc(CC(Cc2cccc(C)c2)NN)cc1F. The number of rotatable bonds is 6. The molecule has 4 heteroatoms. The fraction of sp³-hybridized carbons (Fsp3) is 0.294. The Labute approximate surface area is 124 Å². The second kappa shape index (κ2) is 7.20. The Morgan fingerprint density at radius 1 is 1.14 bits per heavy atom. The van der Waals surface area contributed by atoms with Crippen molar-refractivity contribution in [2.24, 2.45) is 5.84 Å². The van der Waals surface area contributed by atoms with Crippen LogP contribution in [0.15, 0.2) is 42.5 Å². The Balaban J connectivity index is 2.07. The van der Waals surface area contributed by atoms with E-state index in [1.54, 1.807) is 6.07 Å². The summed E-state index contributed by atoms with van der Waals surface area (Å²) < 4.78 is 18.6. The van der Waals surface area contributed by atoms with Crippen LogP contribution in [0.25, 0.3) is 0 Å². The van der Waals surface area contributed by atoms with Crippen molar-refractivity contribution in [3.63, 3.8) is 0 Å². The zero-order valence-electron chi connectivity index (χ0n) is 12.4. The van der Waals surface area contributed by atoms with E-state index in [4.69, 9.17) is 10.6 Å². The first-order chi connectivity index (χ1) is 10.1. The molecular weight excluding hydrogens is 267 g/mol. The highest BCUT2D eigenvalue weighted by molar-refractivity contribution is 5.30. The summed E-state index contributed by atoms with van der Waals surface area (Å²) in [5.74, 6) is 5.55. The first kappa shape index (κ1) is 15.5. The highest BCUT2D eigenvalue weighted by atomic mass is 19.1. The van der Waals surface area contributed by atoms with Crippen LogP contribution in [0, 0.1) is 12.7 Å². The van der Waals surface area contributed by atoms with E-state index >= 15 is 0 Å². The molecule has 0 aliphatic rings. The van der Waals surface area contributed by atoms with Gasteiger partial charge in [-0.25, -0.2) is 4.39 Å². The third kappa shape index (κ3) is 4.28. The van der Waals surface area contributed by atoms with Crippen LogP contribution >= 0.6 is 0 Å². The van der Waals surface area contributed by atoms with Gasteiger partial charge in [-0.3, -0.25) is 11.3 Å².